The van der Waals surface area contributed by atoms with Gasteiger partial charge >= 0.3 is 69.3 Å². The molecular weight excluding hydrogens is 1390 g/mol. The Hall–Kier alpha value is -10.3. The van der Waals surface area contributed by atoms with Crippen LogP contribution in [-0.2, 0) is 50.0 Å². The number of hydrogen-bond donors (Lipinski definition) is 3. The van der Waals surface area contributed by atoms with Gasteiger partial charge < -0.3 is 60.0 Å². The van der Waals surface area contributed by atoms with Crippen molar-refractivity contribution in [1.82, 2.24) is 39.9 Å². The van der Waals surface area contributed by atoms with Crippen LogP contribution in [0.3, 0.4) is 0 Å². The molecule has 6 aliphatic heterocycles. The monoisotopic (exact) mass is 1470 g/mol. The Morgan fingerprint density at radius 2 is 1.01 bits per heavy atom. The van der Waals surface area contributed by atoms with Gasteiger partial charge in [-0.1, -0.05) is 150 Å². The fraction of sp³-hybridized carbons (Fsp3) is 0.286. The summed E-state index contributed by atoms with van der Waals surface area (Å²) in [6, 6.07) is 53.8. The molecule has 6 aromatic carbocycles. The van der Waals surface area contributed by atoms with E-state index in [1.165, 1.54) is 21.6 Å². The first kappa shape index (κ1) is 80.4. The van der Waals surface area contributed by atoms with Crippen molar-refractivity contribution in [2.45, 2.75) is 101 Å². The van der Waals surface area contributed by atoms with Gasteiger partial charge in [-0.25, -0.2) is 14.4 Å². The normalized spacial score (nSPS) is 17.8. The second kappa shape index (κ2) is 37.9. The smallest absolute Gasteiger partial charge is 0.870 e. The van der Waals surface area contributed by atoms with Crippen molar-refractivity contribution >= 4 is 59.4 Å². The molecule has 0 unspecified atom stereocenters. The molecule has 4 aromatic heterocycles. The minimum Gasteiger partial charge on any atom is -0.870 e. The van der Waals surface area contributed by atoms with Gasteiger partial charge in [-0.3, -0.25) is 28.4 Å². The number of anilines is 2. The fourth-order valence-corrected chi connectivity index (χ4v) is 13.3. The molecule has 0 bridgehead atoms. The molecule has 105 heavy (non-hydrogen) atoms. The first-order valence-electron chi connectivity index (χ1n) is 33.6. The van der Waals surface area contributed by atoms with Crippen molar-refractivity contribution in [3.8, 4) is 29.8 Å². The van der Waals surface area contributed by atoms with Crippen LogP contribution in [0.2, 0.25) is 0 Å². The standard InChI is InChI=1S/C23H22N4O3.C15H16N2O2.C13H12N2O2.C11H10N2O2.C10H12N2O2.C5H6O2.ClH.K.H2O/c1-26-19-9-5-6-10-20(19)30-14-18(23(26)29)25-22(28)17-13-24-27-12-11-16(21(17)27)15-7-3-2-4-8-15;1-2-19-15(18)13-10-16-17-9-8-12(14(13)17)11-6-4-3-5-7-11;16-13(17)11-8-14-15-7-6-10(12(11)15)9-4-2-1-3-5-9;14-11-10-9(6-7-13(10)12-15-11)8-4-2-1-3-5-8;1-12-8-4-2-3-5-9(8)14-6-7(11)10(12)13;1-3-5(6)7-4-2;;;/h2-10,13,16,18H,11-12,14H2,1H3,(H,25,28);3-7,10,12H,2,8-9H2,1H3;1-5,8,10H,6-7H2,(H,16,17);1-5,9H,6-7H2;2-5,7H,6,11H2,1H3;1H,4H2,2H3;1H;;1H2/q;;;;;;;+1;/p-1/t16-,18+;12-;10-;9-;7-;;;;/m11110..../s1. The van der Waals surface area contributed by atoms with Crippen LogP contribution >= 0.6 is 12.4 Å². The van der Waals surface area contributed by atoms with E-state index in [9.17, 15) is 33.9 Å². The summed E-state index contributed by atoms with van der Waals surface area (Å²) in [6.07, 6.45) is 13.0. The van der Waals surface area contributed by atoms with Crippen molar-refractivity contribution in [2.75, 3.05) is 50.3 Å². The van der Waals surface area contributed by atoms with Crippen molar-refractivity contribution in [2.24, 2.45) is 5.73 Å². The number of carbonyl (C=O) groups is 6. The molecule has 6 atom stereocenters. The molecule has 26 nitrogen and oxygen atoms in total. The number of amides is 3. The number of aromatic nitrogens is 8. The molecule has 0 aliphatic carbocycles. The number of aryl methyl sites for hydroxylation is 4. The molecule has 0 saturated heterocycles. The number of nitrogens with two attached hydrogens (primary N) is 1. The zero-order valence-electron chi connectivity index (χ0n) is 58.7. The topological polar surface area (TPSA) is 341 Å². The molecule has 0 fully saturated rings. The van der Waals surface area contributed by atoms with Crippen LogP contribution < -0.4 is 91.5 Å². The number of carboxylic acid groups (broad SMARTS) is 1. The average Bonchev–Trinajstić information content (AvgIpc) is 1.64. The van der Waals surface area contributed by atoms with Gasteiger partial charge in [0.2, 0.25) is 11.6 Å². The number of halogens is 1. The maximum Gasteiger partial charge on any atom is 1.00 e. The molecule has 10 heterocycles. The predicted octanol–water partition coefficient (Wildman–Crippen LogP) is 5.66. The van der Waals surface area contributed by atoms with E-state index in [1.54, 1.807) is 48.7 Å². The van der Waals surface area contributed by atoms with Crippen molar-refractivity contribution in [3.05, 3.63) is 250 Å². The summed E-state index contributed by atoms with van der Waals surface area (Å²) in [5.74, 6) is 1.09. The molecule has 28 heteroatoms. The number of esters is 2. The summed E-state index contributed by atoms with van der Waals surface area (Å²) in [5.41, 5.74) is 16.7. The van der Waals surface area contributed by atoms with E-state index in [2.05, 4.69) is 65.8 Å². The van der Waals surface area contributed by atoms with E-state index in [-0.39, 0.29) is 136 Å². The second-order valence-corrected chi connectivity index (χ2v) is 24.4. The van der Waals surface area contributed by atoms with Gasteiger partial charge in [-0.2, -0.15) is 15.3 Å². The molecule has 3 amide bonds. The second-order valence-electron chi connectivity index (χ2n) is 24.4. The quantitative estimate of drug-likeness (QED) is 0.0489. The number of carboxylic acids is 1. The summed E-state index contributed by atoms with van der Waals surface area (Å²) in [7, 11) is 3.40. The number of terminal acetylenes is 1. The van der Waals surface area contributed by atoms with E-state index in [0.717, 1.165) is 91.3 Å². The van der Waals surface area contributed by atoms with Crippen molar-refractivity contribution in [1.29, 1.82) is 0 Å². The summed E-state index contributed by atoms with van der Waals surface area (Å²) in [4.78, 5) is 73.9. The van der Waals surface area contributed by atoms with Gasteiger partial charge in [-0.15, -0.1) is 18.8 Å². The Kier molecular flexibility index (Phi) is 29.1. The zero-order valence-corrected chi connectivity index (χ0v) is 62.6. The van der Waals surface area contributed by atoms with Crippen LogP contribution in [0, 0.1) is 12.3 Å². The maximum absolute atomic E-state index is 13.2. The van der Waals surface area contributed by atoms with Crippen LogP contribution in [0.1, 0.15) is 139 Å². The molecule has 16 rings (SSSR count). The largest absolute Gasteiger partial charge is 1.00 e. The molecule has 0 radical (unpaired) electrons. The fourth-order valence-electron chi connectivity index (χ4n) is 13.3. The number of nitrogens with one attached hydrogen (secondary N) is 1. The predicted molar refractivity (Wildman–Crippen MR) is 382 cm³/mol. The molecule has 6 aliphatic rings. The molecule has 5 N–H and O–H groups in total. The Bertz CT molecular complexity index is 4630. The number of fused-ring (bicyclic) bond motifs is 6. The number of carbonyl (C=O) groups excluding carboxylic acids is 5. The number of para-hydroxylation sites is 4. The summed E-state index contributed by atoms with van der Waals surface area (Å²) in [6.45, 7) is 7.76. The van der Waals surface area contributed by atoms with E-state index in [4.69, 9.17) is 25.1 Å². The summed E-state index contributed by atoms with van der Waals surface area (Å²) in [5, 5.41) is 40.0. The number of hydrogen-bond acceptors (Lipinski definition) is 18. The first-order chi connectivity index (χ1) is 49.6. The zero-order chi connectivity index (χ0) is 71.8. The van der Waals surface area contributed by atoms with E-state index >= 15 is 0 Å². The molecule has 0 saturated carbocycles. The van der Waals surface area contributed by atoms with Gasteiger partial charge in [0.25, 0.3) is 11.8 Å². The Morgan fingerprint density at radius 3 is 1.47 bits per heavy atom. The molecule has 10 aromatic rings. The number of aromatic carboxylic acids is 1. The Morgan fingerprint density at radius 1 is 0.600 bits per heavy atom. The van der Waals surface area contributed by atoms with Gasteiger partial charge in [0.05, 0.1) is 77.0 Å². The minimum absolute atomic E-state index is 0. The van der Waals surface area contributed by atoms with Crippen molar-refractivity contribution in [3.63, 3.8) is 0 Å². The Labute approximate surface area is 655 Å². The molecular formula is C77H80ClKN12O14. The number of nitrogens with zero attached hydrogens (tertiary/aromatic N) is 10. The van der Waals surface area contributed by atoms with Gasteiger partial charge in [0, 0.05) is 63.8 Å². The van der Waals surface area contributed by atoms with Gasteiger partial charge in [-0.05, 0) is 79.6 Å². The van der Waals surface area contributed by atoms with Crippen molar-refractivity contribution < 1.29 is 124 Å². The SMILES string of the molecule is C#CC(=O)OCC.CCOC(=O)c1cnn2c1[C@@H](c1ccccc1)CC2.CN1C(=O)[C@@H](N)COc2ccccc21.CN1C(=O)[C@@H](NC(=O)c2cnn3c2[C@@H](c2ccccc2)CC3)COc2ccccc21.Cl.O=C(O)c1cnn2c1[C@@H](c1ccccc1)CC2.[K+].[O-]c1on[n+]2c1[C@@H](c1ccccc1)CC2.[OH-]. The maximum atomic E-state index is 13.2. The molecule has 540 valence electrons. The summed E-state index contributed by atoms with van der Waals surface area (Å²) < 4.78 is 32.6. The third-order valence-electron chi connectivity index (χ3n) is 18.2. The van der Waals surface area contributed by atoms with Crippen LogP contribution in [-0.4, -0.2) is 133 Å². The number of benzene rings is 6. The summed E-state index contributed by atoms with van der Waals surface area (Å²) >= 11 is 0. The number of ether oxygens (including phenoxy) is 4. The Balaban J connectivity index is 0.000000165. The van der Waals surface area contributed by atoms with Gasteiger partial charge in [0.1, 0.15) is 47.9 Å². The third-order valence-corrected chi connectivity index (χ3v) is 18.2. The van der Waals surface area contributed by atoms with E-state index in [0.29, 0.717) is 52.8 Å². The van der Waals surface area contributed by atoms with Crippen LogP contribution in [0.4, 0.5) is 11.4 Å². The number of rotatable bonds is 10. The molecule has 0 spiro atoms. The number of likely N-dealkylation sites (N-methyl/N-ethyl adjacent to an activating group) is 2. The average molecular weight is 1470 g/mol. The van der Waals surface area contributed by atoms with E-state index in [1.807, 2.05) is 162 Å². The van der Waals surface area contributed by atoms with Crippen LogP contribution in [0.25, 0.3) is 0 Å². The third kappa shape index (κ3) is 18.6. The van der Waals surface area contributed by atoms with Crippen LogP contribution in [0.15, 0.2) is 193 Å². The first-order valence-corrected chi connectivity index (χ1v) is 33.6. The van der Waals surface area contributed by atoms with Gasteiger partial charge in [0.15, 0.2) is 12.5 Å². The van der Waals surface area contributed by atoms with E-state index < -0.39 is 24.0 Å². The minimum atomic E-state index is -0.894. The van der Waals surface area contributed by atoms with Crippen LogP contribution in [0.5, 0.6) is 17.4 Å².